The van der Waals surface area contributed by atoms with Gasteiger partial charge in [-0.05, 0) is 24.6 Å². The fourth-order valence-corrected chi connectivity index (χ4v) is 1.98. The molecule has 0 fully saturated rings. The third kappa shape index (κ3) is 4.02. The van der Waals surface area contributed by atoms with E-state index in [2.05, 4.69) is 22.6 Å². The van der Waals surface area contributed by atoms with Crippen molar-refractivity contribution in [1.29, 1.82) is 0 Å². The number of aliphatic hydroxyl groups is 1. The third-order valence-electron chi connectivity index (χ3n) is 2.85. The van der Waals surface area contributed by atoms with Crippen LogP contribution in [0.1, 0.15) is 24.2 Å². The van der Waals surface area contributed by atoms with E-state index in [4.69, 9.17) is 16.7 Å². The highest BCUT2D eigenvalue weighted by Crippen LogP contribution is 2.17. The predicted octanol–water partition coefficient (Wildman–Crippen LogP) is 1.77. The van der Waals surface area contributed by atoms with Gasteiger partial charge in [-0.25, -0.2) is 4.68 Å². The molecule has 0 spiro atoms. The van der Waals surface area contributed by atoms with E-state index in [1.165, 1.54) is 0 Å². The maximum absolute atomic E-state index is 8.81. The van der Waals surface area contributed by atoms with Gasteiger partial charge in [-0.15, -0.1) is 5.10 Å². The van der Waals surface area contributed by atoms with Gasteiger partial charge in [0.05, 0.1) is 18.8 Å². The molecule has 0 aliphatic carbocycles. The van der Waals surface area contributed by atoms with Gasteiger partial charge in [0.1, 0.15) is 0 Å². The zero-order chi connectivity index (χ0) is 13.7. The molecule has 1 heterocycles. The maximum Gasteiger partial charge on any atom is 0.0965 e. The highest BCUT2D eigenvalue weighted by atomic mass is 35.5. The Morgan fingerprint density at radius 2 is 2.32 bits per heavy atom. The van der Waals surface area contributed by atoms with Gasteiger partial charge in [0.15, 0.2) is 0 Å². The van der Waals surface area contributed by atoms with E-state index < -0.39 is 0 Å². The number of benzene rings is 1. The average Bonchev–Trinajstić information content (AvgIpc) is 2.84. The number of aliphatic hydroxyl groups excluding tert-OH is 1. The standard InChI is InChI=1S/C13H17ClN4O/c1-10(11-3-2-4-12(14)7-11)15-8-13-9-18(5-6-19)17-16-13/h2-4,7,9-10,15,19H,5-6,8H2,1H3/t10-/m0/s1. The van der Waals surface area contributed by atoms with Crippen molar-refractivity contribution in [2.75, 3.05) is 6.61 Å². The quantitative estimate of drug-likeness (QED) is 0.847. The van der Waals surface area contributed by atoms with Crippen molar-refractivity contribution in [2.45, 2.75) is 26.1 Å². The van der Waals surface area contributed by atoms with Crippen molar-refractivity contribution in [2.24, 2.45) is 0 Å². The van der Waals surface area contributed by atoms with Gasteiger partial charge in [-0.2, -0.15) is 0 Å². The molecule has 0 saturated carbocycles. The molecule has 0 aliphatic heterocycles. The van der Waals surface area contributed by atoms with Crippen molar-refractivity contribution in [3.05, 3.63) is 46.7 Å². The molecule has 1 aromatic carbocycles. The molecule has 5 nitrogen and oxygen atoms in total. The molecule has 2 N–H and O–H groups in total. The van der Waals surface area contributed by atoms with Gasteiger partial charge in [-0.3, -0.25) is 0 Å². The summed E-state index contributed by atoms with van der Waals surface area (Å²) < 4.78 is 1.63. The molecule has 2 rings (SSSR count). The van der Waals surface area contributed by atoms with E-state index in [-0.39, 0.29) is 12.6 Å². The first kappa shape index (κ1) is 14.0. The molecule has 0 amide bonds. The minimum atomic E-state index is 0.0646. The van der Waals surface area contributed by atoms with Crippen LogP contribution in [-0.4, -0.2) is 26.7 Å². The Bertz CT molecular complexity index is 529. The van der Waals surface area contributed by atoms with Crippen LogP contribution in [0.2, 0.25) is 5.02 Å². The molecule has 102 valence electrons. The zero-order valence-corrected chi connectivity index (χ0v) is 11.5. The lowest BCUT2D eigenvalue weighted by Gasteiger charge is -2.13. The summed E-state index contributed by atoms with van der Waals surface area (Å²) in [5.74, 6) is 0. The molecule has 2 aromatic rings. The number of rotatable bonds is 6. The third-order valence-corrected chi connectivity index (χ3v) is 3.09. The summed E-state index contributed by atoms with van der Waals surface area (Å²) in [6, 6.07) is 7.96. The summed E-state index contributed by atoms with van der Waals surface area (Å²) in [6.07, 6.45) is 1.83. The molecule has 1 aromatic heterocycles. The molecule has 6 heteroatoms. The van der Waals surface area contributed by atoms with Crippen LogP contribution < -0.4 is 5.32 Å². The van der Waals surface area contributed by atoms with Gasteiger partial charge in [-0.1, -0.05) is 28.9 Å². The van der Waals surface area contributed by atoms with Crippen LogP contribution in [0.3, 0.4) is 0 Å². The van der Waals surface area contributed by atoms with E-state index in [0.29, 0.717) is 13.1 Å². The number of halogens is 1. The Kier molecular flexibility index (Phi) is 4.90. The lowest BCUT2D eigenvalue weighted by Crippen LogP contribution is -2.18. The van der Waals surface area contributed by atoms with Crippen LogP contribution in [0.4, 0.5) is 0 Å². The lowest BCUT2D eigenvalue weighted by atomic mass is 10.1. The largest absolute Gasteiger partial charge is 0.394 e. The smallest absolute Gasteiger partial charge is 0.0965 e. The van der Waals surface area contributed by atoms with Crippen molar-refractivity contribution >= 4 is 11.6 Å². The molecule has 0 saturated heterocycles. The second-order valence-corrected chi connectivity index (χ2v) is 4.79. The van der Waals surface area contributed by atoms with E-state index >= 15 is 0 Å². The molecule has 0 aliphatic rings. The highest BCUT2D eigenvalue weighted by molar-refractivity contribution is 6.30. The fourth-order valence-electron chi connectivity index (χ4n) is 1.78. The van der Waals surface area contributed by atoms with Gasteiger partial charge in [0, 0.05) is 23.8 Å². The Balaban J connectivity index is 1.90. The van der Waals surface area contributed by atoms with Crippen LogP contribution in [0.15, 0.2) is 30.5 Å². The van der Waals surface area contributed by atoms with Crippen molar-refractivity contribution < 1.29 is 5.11 Å². The summed E-state index contributed by atoms with van der Waals surface area (Å²) >= 11 is 5.97. The van der Waals surface area contributed by atoms with E-state index in [1.807, 2.05) is 30.5 Å². The SMILES string of the molecule is C[C@H](NCc1cn(CCO)nn1)c1cccc(Cl)c1. The minimum absolute atomic E-state index is 0.0646. The lowest BCUT2D eigenvalue weighted by molar-refractivity contribution is 0.268. The van der Waals surface area contributed by atoms with Gasteiger partial charge >= 0.3 is 0 Å². The Labute approximate surface area is 117 Å². The van der Waals surface area contributed by atoms with E-state index in [0.717, 1.165) is 16.3 Å². The first-order valence-corrected chi connectivity index (χ1v) is 6.55. The highest BCUT2D eigenvalue weighted by Gasteiger charge is 2.07. The summed E-state index contributed by atoms with van der Waals surface area (Å²) in [7, 11) is 0. The van der Waals surface area contributed by atoms with Crippen LogP contribution in [-0.2, 0) is 13.1 Å². The van der Waals surface area contributed by atoms with Gasteiger partial charge in [0.2, 0.25) is 0 Å². The summed E-state index contributed by atoms with van der Waals surface area (Å²) in [4.78, 5) is 0. The van der Waals surface area contributed by atoms with Crippen LogP contribution in [0.25, 0.3) is 0 Å². The normalized spacial score (nSPS) is 12.6. The van der Waals surface area contributed by atoms with Crippen molar-refractivity contribution in [1.82, 2.24) is 20.3 Å². The molecular weight excluding hydrogens is 264 g/mol. The predicted molar refractivity (Wildman–Crippen MR) is 73.8 cm³/mol. The Morgan fingerprint density at radius 1 is 1.47 bits per heavy atom. The summed E-state index contributed by atoms with van der Waals surface area (Å²) in [5.41, 5.74) is 1.98. The van der Waals surface area contributed by atoms with Gasteiger partial charge in [0.25, 0.3) is 0 Å². The van der Waals surface area contributed by atoms with Gasteiger partial charge < -0.3 is 10.4 Å². The fraction of sp³-hybridized carbons (Fsp3) is 0.385. The number of nitrogens with one attached hydrogen (secondary N) is 1. The molecule has 0 bridgehead atoms. The second-order valence-electron chi connectivity index (χ2n) is 4.35. The topological polar surface area (TPSA) is 63.0 Å². The van der Waals surface area contributed by atoms with E-state index in [1.54, 1.807) is 4.68 Å². The first-order chi connectivity index (χ1) is 9.19. The number of hydrogen-bond acceptors (Lipinski definition) is 4. The zero-order valence-electron chi connectivity index (χ0n) is 10.8. The number of aromatic nitrogens is 3. The van der Waals surface area contributed by atoms with Crippen LogP contribution in [0, 0.1) is 0 Å². The monoisotopic (exact) mass is 280 g/mol. The molecule has 0 radical (unpaired) electrons. The number of hydrogen-bond donors (Lipinski definition) is 2. The average molecular weight is 281 g/mol. The maximum atomic E-state index is 8.81. The molecule has 1 atom stereocenters. The van der Waals surface area contributed by atoms with E-state index in [9.17, 15) is 0 Å². The Morgan fingerprint density at radius 3 is 3.05 bits per heavy atom. The van der Waals surface area contributed by atoms with Crippen LogP contribution in [0.5, 0.6) is 0 Å². The van der Waals surface area contributed by atoms with Crippen LogP contribution >= 0.6 is 11.6 Å². The molecular formula is C13H17ClN4O. The minimum Gasteiger partial charge on any atom is -0.394 e. The number of nitrogens with zero attached hydrogens (tertiary/aromatic N) is 3. The second kappa shape index (κ2) is 6.65. The summed E-state index contributed by atoms with van der Waals surface area (Å²) in [5, 5.41) is 20.8. The van der Waals surface area contributed by atoms with Crippen molar-refractivity contribution in [3.63, 3.8) is 0 Å². The van der Waals surface area contributed by atoms with Crippen molar-refractivity contribution in [3.8, 4) is 0 Å². The Hall–Kier alpha value is -1.43. The molecule has 0 unspecified atom stereocenters. The molecule has 19 heavy (non-hydrogen) atoms. The first-order valence-electron chi connectivity index (χ1n) is 6.18. The summed E-state index contributed by atoms with van der Waals surface area (Å²) in [6.45, 7) is 3.23.